The van der Waals surface area contributed by atoms with Gasteiger partial charge in [0, 0.05) is 13.1 Å². The summed E-state index contributed by atoms with van der Waals surface area (Å²) in [7, 11) is 1.53. The number of esters is 1. The van der Waals surface area contributed by atoms with Gasteiger partial charge in [-0.3, -0.25) is 14.4 Å². The van der Waals surface area contributed by atoms with Crippen LogP contribution in [0.3, 0.4) is 0 Å². The fourth-order valence-electron chi connectivity index (χ4n) is 3.17. The van der Waals surface area contributed by atoms with Crippen molar-refractivity contribution in [1.82, 2.24) is 10.2 Å². The number of hydrogen-bond acceptors (Lipinski definition) is 4. The van der Waals surface area contributed by atoms with Crippen molar-refractivity contribution in [3.8, 4) is 0 Å². The molecule has 6 nitrogen and oxygen atoms in total. The molecule has 0 spiro atoms. The topological polar surface area (TPSA) is 75.7 Å². The van der Waals surface area contributed by atoms with Gasteiger partial charge in [0.15, 0.2) is 6.61 Å². The molecule has 0 saturated heterocycles. The maximum Gasteiger partial charge on any atom is 0.310 e. The Kier molecular flexibility index (Phi) is 5.91. The number of rotatable bonds is 7. The zero-order chi connectivity index (χ0) is 18.5. The number of nitrogens with one attached hydrogen (secondary N) is 1. The maximum atomic E-state index is 12.0. The molecule has 2 aliphatic rings. The number of benzene rings is 1. The molecule has 1 aromatic carbocycles. The summed E-state index contributed by atoms with van der Waals surface area (Å²) in [5.41, 5.74) is 3.61. The minimum Gasteiger partial charge on any atom is -0.455 e. The van der Waals surface area contributed by atoms with Crippen molar-refractivity contribution in [1.29, 1.82) is 0 Å². The van der Waals surface area contributed by atoms with E-state index in [0.29, 0.717) is 0 Å². The number of fused-ring (bicyclic) bond motifs is 1. The lowest BCUT2D eigenvalue weighted by Crippen LogP contribution is -2.40. The second-order valence-electron chi connectivity index (χ2n) is 7.24. The molecule has 0 bridgehead atoms. The minimum atomic E-state index is -0.426. The van der Waals surface area contributed by atoms with Crippen LogP contribution in [-0.4, -0.2) is 48.9 Å². The summed E-state index contributed by atoms with van der Waals surface area (Å²) in [6.07, 6.45) is 6.75. The predicted octanol–water partition coefficient (Wildman–Crippen LogP) is 1.39. The monoisotopic (exact) mass is 358 g/mol. The van der Waals surface area contributed by atoms with Crippen LogP contribution in [0.4, 0.5) is 0 Å². The molecule has 0 radical (unpaired) electrons. The number of nitrogens with zero attached hydrogens (tertiary/aromatic N) is 1. The van der Waals surface area contributed by atoms with E-state index in [1.807, 2.05) is 6.07 Å². The summed E-state index contributed by atoms with van der Waals surface area (Å²) in [5.74, 6) is -0.983. The normalized spacial score (nSPS) is 15.7. The van der Waals surface area contributed by atoms with E-state index < -0.39 is 5.97 Å². The zero-order valence-electron chi connectivity index (χ0n) is 15.3. The van der Waals surface area contributed by atoms with Gasteiger partial charge in [0.05, 0.1) is 13.0 Å². The highest BCUT2D eigenvalue weighted by Gasteiger charge is 2.24. The van der Waals surface area contributed by atoms with Crippen LogP contribution in [-0.2, 0) is 38.4 Å². The van der Waals surface area contributed by atoms with Crippen molar-refractivity contribution in [3.63, 3.8) is 0 Å². The fourth-order valence-corrected chi connectivity index (χ4v) is 3.17. The van der Waals surface area contributed by atoms with Gasteiger partial charge in [-0.15, -0.1) is 0 Å². The first-order valence-corrected chi connectivity index (χ1v) is 9.31. The van der Waals surface area contributed by atoms with Gasteiger partial charge in [0.2, 0.25) is 5.91 Å². The minimum absolute atomic E-state index is 0.0162. The highest BCUT2D eigenvalue weighted by Crippen LogP contribution is 2.22. The average Bonchev–Trinajstić information content (AvgIpc) is 3.43. The highest BCUT2D eigenvalue weighted by atomic mass is 16.5. The van der Waals surface area contributed by atoms with Crippen molar-refractivity contribution < 1.29 is 19.1 Å². The Morgan fingerprint density at radius 2 is 1.88 bits per heavy atom. The molecular weight excluding hydrogens is 332 g/mol. The number of hydrogen-bond donors (Lipinski definition) is 1. The molecule has 1 fully saturated rings. The quantitative estimate of drug-likeness (QED) is 0.748. The van der Waals surface area contributed by atoms with Crippen LogP contribution < -0.4 is 5.32 Å². The highest BCUT2D eigenvalue weighted by molar-refractivity contribution is 5.86. The molecule has 140 valence electrons. The summed E-state index contributed by atoms with van der Waals surface area (Å²) in [4.78, 5) is 37.0. The SMILES string of the molecule is CN(CC(=O)NC1CC1)C(=O)COC(=O)Cc1ccc2c(c1)CCCC2. The molecule has 6 heteroatoms. The molecule has 1 saturated carbocycles. The van der Waals surface area contributed by atoms with Crippen molar-refractivity contribution in [2.75, 3.05) is 20.2 Å². The first-order valence-electron chi connectivity index (χ1n) is 9.31. The molecule has 26 heavy (non-hydrogen) atoms. The smallest absolute Gasteiger partial charge is 0.310 e. The number of carbonyl (C=O) groups is 3. The van der Waals surface area contributed by atoms with E-state index in [0.717, 1.165) is 31.2 Å². The van der Waals surface area contributed by atoms with Gasteiger partial charge in [-0.2, -0.15) is 0 Å². The van der Waals surface area contributed by atoms with Gasteiger partial charge >= 0.3 is 5.97 Å². The molecular formula is C20H26N2O4. The molecule has 1 aromatic rings. The van der Waals surface area contributed by atoms with Gasteiger partial charge in [-0.25, -0.2) is 0 Å². The predicted molar refractivity (Wildman–Crippen MR) is 96.5 cm³/mol. The third kappa shape index (κ3) is 5.31. The lowest BCUT2D eigenvalue weighted by Gasteiger charge is -2.17. The van der Waals surface area contributed by atoms with E-state index in [2.05, 4.69) is 17.4 Å². The zero-order valence-corrected chi connectivity index (χ0v) is 15.3. The van der Waals surface area contributed by atoms with Gasteiger partial charge < -0.3 is 15.0 Å². The van der Waals surface area contributed by atoms with Crippen LogP contribution in [0.1, 0.15) is 42.4 Å². The number of carbonyl (C=O) groups excluding carboxylic acids is 3. The van der Waals surface area contributed by atoms with Crippen molar-refractivity contribution in [2.45, 2.75) is 51.0 Å². The molecule has 0 atom stereocenters. The number of amides is 2. The summed E-state index contributed by atoms with van der Waals surface area (Å²) < 4.78 is 5.09. The Morgan fingerprint density at radius 3 is 2.62 bits per heavy atom. The lowest BCUT2D eigenvalue weighted by molar-refractivity contribution is -0.151. The average molecular weight is 358 g/mol. The molecule has 0 unspecified atom stereocenters. The van der Waals surface area contributed by atoms with Crippen LogP contribution in [0.5, 0.6) is 0 Å². The van der Waals surface area contributed by atoms with Crippen molar-refractivity contribution in [3.05, 3.63) is 34.9 Å². The van der Waals surface area contributed by atoms with E-state index in [-0.39, 0.29) is 37.4 Å². The standard InChI is InChI=1S/C20H26N2O4/c1-22(12-18(23)21-17-8-9-17)19(24)13-26-20(25)11-14-6-7-15-4-2-3-5-16(15)10-14/h6-7,10,17H,2-5,8-9,11-13H2,1H3,(H,21,23). The molecule has 2 aliphatic carbocycles. The first-order chi connectivity index (χ1) is 12.5. The van der Waals surface area contributed by atoms with Crippen LogP contribution >= 0.6 is 0 Å². The maximum absolute atomic E-state index is 12.0. The van der Waals surface area contributed by atoms with E-state index in [1.54, 1.807) is 0 Å². The third-order valence-corrected chi connectivity index (χ3v) is 4.87. The Bertz CT molecular complexity index is 697. The molecule has 1 N–H and O–H groups in total. The Hall–Kier alpha value is -2.37. The number of ether oxygens (including phenoxy) is 1. The molecule has 2 amide bonds. The molecule has 3 rings (SSSR count). The Labute approximate surface area is 153 Å². The molecule has 0 aliphatic heterocycles. The molecule has 0 aromatic heterocycles. The van der Waals surface area contributed by atoms with Gasteiger partial charge in [-0.05, 0) is 55.2 Å². The molecule has 0 heterocycles. The summed E-state index contributed by atoms with van der Waals surface area (Å²) in [5, 5.41) is 2.82. The van der Waals surface area contributed by atoms with Crippen molar-refractivity contribution >= 4 is 17.8 Å². The number of likely N-dealkylation sites (N-methyl/N-ethyl adjacent to an activating group) is 1. The third-order valence-electron chi connectivity index (χ3n) is 4.87. The lowest BCUT2D eigenvalue weighted by atomic mass is 9.90. The van der Waals surface area contributed by atoms with E-state index >= 15 is 0 Å². The van der Waals surface area contributed by atoms with E-state index in [9.17, 15) is 14.4 Å². The van der Waals surface area contributed by atoms with Crippen LogP contribution in [0.2, 0.25) is 0 Å². The summed E-state index contributed by atoms with van der Waals surface area (Å²) in [6.45, 7) is -0.352. The Morgan fingerprint density at radius 1 is 1.15 bits per heavy atom. The second-order valence-corrected chi connectivity index (χ2v) is 7.24. The summed E-state index contributed by atoms with van der Waals surface area (Å²) in [6, 6.07) is 6.39. The van der Waals surface area contributed by atoms with Crippen LogP contribution in [0, 0.1) is 0 Å². The van der Waals surface area contributed by atoms with Gasteiger partial charge in [-0.1, -0.05) is 18.2 Å². The summed E-state index contributed by atoms with van der Waals surface area (Å²) >= 11 is 0. The second kappa shape index (κ2) is 8.34. The van der Waals surface area contributed by atoms with E-state index in [1.165, 1.54) is 35.9 Å². The van der Waals surface area contributed by atoms with Crippen LogP contribution in [0.25, 0.3) is 0 Å². The fraction of sp³-hybridized carbons (Fsp3) is 0.550. The van der Waals surface area contributed by atoms with Crippen molar-refractivity contribution in [2.24, 2.45) is 0 Å². The Balaban J connectivity index is 1.41. The number of aryl methyl sites for hydroxylation is 2. The largest absolute Gasteiger partial charge is 0.455 e. The van der Waals surface area contributed by atoms with Gasteiger partial charge in [0.25, 0.3) is 5.91 Å². The first kappa shape index (κ1) is 18.4. The van der Waals surface area contributed by atoms with Gasteiger partial charge in [0.1, 0.15) is 0 Å². The van der Waals surface area contributed by atoms with Crippen LogP contribution in [0.15, 0.2) is 18.2 Å². The van der Waals surface area contributed by atoms with E-state index in [4.69, 9.17) is 4.74 Å².